The first-order valence-corrected chi connectivity index (χ1v) is 8.13. The highest BCUT2D eigenvalue weighted by Crippen LogP contribution is 2.35. The molecule has 0 radical (unpaired) electrons. The molecule has 2 unspecified atom stereocenters. The molecule has 2 aliphatic rings. The number of hydrogen-bond acceptors (Lipinski definition) is 2. The maximum Gasteiger partial charge on any atom is 0.0403 e. The Bertz CT molecular complexity index is 459. The summed E-state index contributed by atoms with van der Waals surface area (Å²) in [6, 6.07) is 6.63. The van der Waals surface area contributed by atoms with Gasteiger partial charge in [-0.2, -0.15) is 0 Å². The molecular weight excluding hydrogens is 300 g/mol. The number of likely N-dealkylation sites (tertiary alicyclic amines) is 1. The molecule has 2 fully saturated rings. The van der Waals surface area contributed by atoms with Crippen LogP contribution in [0.25, 0.3) is 0 Å². The van der Waals surface area contributed by atoms with Gasteiger partial charge < -0.3 is 5.32 Å². The maximum atomic E-state index is 3.79. The van der Waals surface area contributed by atoms with E-state index in [1.807, 2.05) is 0 Å². The van der Waals surface area contributed by atoms with Gasteiger partial charge in [-0.1, -0.05) is 15.9 Å². The minimum absolute atomic E-state index is 0.606. The molecule has 0 amide bonds. The summed E-state index contributed by atoms with van der Waals surface area (Å²) in [4.78, 5) is 2.70. The fraction of sp³-hybridized carbons (Fsp3) is 0.625. The quantitative estimate of drug-likeness (QED) is 0.901. The van der Waals surface area contributed by atoms with E-state index < -0.39 is 0 Å². The van der Waals surface area contributed by atoms with E-state index in [1.165, 1.54) is 47.1 Å². The summed E-state index contributed by atoms with van der Waals surface area (Å²) in [5.74, 6) is 0. The van der Waals surface area contributed by atoms with E-state index in [0.29, 0.717) is 6.04 Å². The number of nitrogens with zero attached hydrogens (tertiary/aromatic N) is 1. The second-order valence-corrected chi connectivity index (χ2v) is 7.18. The number of benzene rings is 1. The Balaban J connectivity index is 1.72. The van der Waals surface area contributed by atoms with Gasteiger partial charge in [-0.25, -0.2) is 0 Å². The Morgan fingerprint density at radius 2 is 1.84 bits per heavy atom. The molecule has 0 aromatic heterocycles. The number of hydrogen-bond donors (Lipinski definition) is 1. The summed E-state index contributed by atoms with van der Waals surface area (Å²) in [7, 11) is 0. The Hall–Kier alpha value is -0.540. The standard InChI is InChI=1S/C16H23BrN2/c1-10-6-13(17)7-11(2)16(10)18-14-8-12(3)19(9-14)15-4-5-15/h6-7,12,14-15,18H,4-5,8-9H2,1-3H3. The van der Waals surface area contributed by atoms with Gasteiger partial charge in [0.15, 0.2) is 0 Å². The van der Waals surface area contributed by atoms with Crippen molar-refractivity contribution in [1.29, 1.82) is 0 Å². The van der Waals surface area contributed by atoms with Crippen molar-refractivity contribution < 1.29 is 0 Å². The van der Waals surface area contributed by atoms with Crippen LogP contribution in [0.5, 0.6) is 0 Å². The highest BCUT2D eigenvalue weighted by Gasteiger charge is 2.38. The van der Waals surface area contributed by atoms with Crippen LogP contribution >= 0.6 is 15.9 Å². The van der Waals surface area contributed by atoms with Gasteiger partial charge in [0.2, 0.25) is 0 Å². The first kappa shape index (κ1) is 13.4. The monoisotopic (exact) mass is 322 g/mol. The average molecular weight is 323 g/mol. The van der Waals surface area contributed by atoms with Crippen LogP contribution < -0.4 is 5.32 Å². The van der Waals surface area contributed by atoms with E-state index in [-0.39, 0.29) is 0 Å². The third-order valence-electron chi connectivity index (χ3n) is 4.48. The van der Waals surface area contributed by atoms with Gasteiger partial charge in [0, 0.05) is 34.8 Å². The third kappa shape index (κ3) is 2.82. The van der Waals surface area contributed by atoms with Gasteiger partial charge in [-0.3, -0.25) is 4.90 Å². The van der Waals surface area contributed by atoms with Gasteiger partial charge in [-0.15, -0.1) is 0 Å². The molecule has 104 valence electrons. The maximum absolute atomic E-state index is 3.79. The van der Waals surface area contributed by atoms with E-state index in [9.17, 15) is 0 Å². The summed E-state index contributed by atoms with van der Waals surface area (Å²) < 4.78 is 1.17. The second-order valence-electron chi connectivity index (χ2n) is 6.27. The smallest absolute Gasteiger partial charge is 0.0403 e. The Morgan fingerprint density at radius 3 is 2.42 bits per heavy atom. The lowest BCUT2D eigenvalue weighted by Gasteiger charge is -2.21. The number of aryl methyl sites for hydroxylation is 2. The first-order chi connectivity index (χ1) is 9.04. The van der Waals surface area contributed by atoms with E-state index in [4.69, 9.17) is 0 Å². The Labute approximate surface area is 124 Å². The van der Waals surface area contributed by atoms with Crippen molar-refractivity contribution in [2.24, 2.45) is 0 Å². The Morgan fingerprint density at radius 1 is 1.21 bits per heavy atom. The van der Waals surface area contributed by atoms with Crippen molar-refractivity contribution in [3.05, 3.63) is 27.7 Å². The molecule has 1 aromatic carbocycles. The second kappa shape index (κ2) is 5.10. The molecule has 1 aliphatic heterocycles. The van der Waals surface area contributed by atoms with Crippen molar-refractivity contribution in [2.45, 2.75) is 58.2 Å². The van der Waals surface area contributed by atoms with Crippen LogP contribution in [0.15, 0.2) is 16.6 Å². The topological polar surface area (TPSA) is 15.3 Å². The van der Waals surface area contributed by atoms with Crippen LogP contribution in [0.2, 0.25) is 0 Å². The zero-order valence-electron chi connectivity index (χ0n) is 12.0. The zero-order chi connectivity index (χ0) is 13.6. The van der Waals surface area contributed by atoms with Gasteiger partial charge in [0.1, 0.15) is 0 Å². The average Bonchev–Trinajstić information content (AvgIpc) is 3.09. The Kier molecular flexibility index (Phi) is 3.61. The van der Waals surface area contributed by atoms with Gasteiger partial charge in [0.25, 0.3) is 0 Å². The molecule has 1 saturated heterocycles. The molecular formula is C16H23BrN2. The van der Waals surface area contributed by atoms with Crippen LogP contribution in [-0.2, 0) is 0 Å². The zero-order valence-corrected chi connectivity index (χ0v) is 13.6. The highest BCUT2D eigenvalue weighted by atomic mass is 79.9. The van der Waals surface area contributed by atoms with Crippen molar-refractivity contribution in [3.8, 4) is 0 Å². The molecule has 1 aromatic rings. The molecule has 2 atom stereocenters. The SMILES string of the molecule is Cc1cc(Br)cc(C)c1NC1CC(C)N(C2CC2)C1. The summed E-state index contributed by atoms with van der Waals surface area (Å²) >= 11 is 3.57. The molecule has 2 nitrogen and oxygen atoms in total. The lowest BCUT2D eigenvalue weighted by atomic mass is 10.1. The first-order valence-electron chi connectivity index (χ1n) is 7.33. The van der Waals surface area contributed by atoms with Crippen LogP contribution in [0.1, 0.15) is 37.3 Å². The predicted octanol–water partition coefficient (Wildman–Crippen LogP) is 4.10. The number of halogens is 1. The van der Waals surface area contributed by atoms with Crippen molar-refractivity contribution in [1.82, 2.24) is 4.90 Å². The van der Waals surface area contributed by atoms with Crippen LogP contribution in [0, 0.1) is 13.8 Å². The largest absolute Gasteiger partial charge is 0.381 e. The predicted molar refractivity (Wildman–Crippen MR) is 84.8 cm³/mol. The van der Waals surface area contributed by atoms with E-state index >= 15 is 0 Å². The van der Waals surface area contributed by atoms with Gasteiger partial charge in [0.05, 0.1) is 0 Å². The molecule has 3 rings (SSSR count). The minimum atomic E-state index is 0.606. The van der Waals surface area contributed by atoms with Crippen LogP contribution in [0.3, 0.4) is 0 Å². The fourth-order valence-corrected chi connectivity index (χ4v) is 4.11. The summed E-state index contributed by atoms with van der Waals surface area (Å²) in [6.07, 6.45) is 4.09. The molecule has 1 heterocycles. The molecule has 1 N–H and O–H groups in total. The normalized spacial score (nSPS) is 27.8. The summed E-state index contributed by atoms with van der Waals surface area (Å²) in [6.45, 7) is 7.97. The van der Waals surface area contributed by atoms with Crippen molar-refractivity contribution in [3.63, 3.8) is 0 Å². The summed E-state index contributed by atoms with van der Waals surface area (Å²) in [5, 5.41) is 3.79. The molecule has 1 aliphatic carbocycles. The third-order valence-corrected chi connectivity index (χ3v) is 4.94. The molecule has 19 heavy (non-hydrogen) atoms. The molecule has 0 spiro atoms. The van der Waals surface area contributed by atoms with Crippen molar-refractivity contribution >= 4 is 21.6 Å². The summed E-state index contributed by atoms with van der Waals surface area (Å²) in [5.41, 5.74) is 4.01. The van der Waals surface area contributed by atoms with Gasteiger partial charge >= 0.3 is 0 Å². The minimum Gasteiger partial charge on any atom is -0.381 e. The highest BCUT2D eigenvalue weighted by molar-refractivity contribution is 9.10. The van der Waals surface area contributed by atoms with E-state index in [2.05, 4.69) is 59.1 Å². The van der Waals surface area contributed by atoms with Crippen LogP contribution in [-0.4, -0.2) is 29.6 Å². The van der Waals surface area contributed by atoms with E-state index in [0.717, 1.165) is 12.1 Å². The molecule has 1 saturated carbocycles. The van der Waals surface area contributed by atoms with Crippen LogP contribution in [0.4, 0.5) is 5.69 Å². The lowest BCUT2D eigenvalue weighted by molar-refractivity contribution is 0.257. The number of anilines is 1. The number of nitrogens with one attached hydrogen (secondary N) is 1. The molecule has 0 bridgehead atoms. The molecule has 3 heteroatoms. The fourth-order valence-electron chi connectivity index (χ4n) is 3.42. The van der Waals surface area contributed by atoms with E-state index in [1.54, 1.807) is 0 Å². The van der Waals surface area contributed by atoms with Crippen molar-refractivity contribution in [2.75, 3.05) is 11.9 Å². The number of rotatable bonds is 3. The lowest BCUT2D eigenvalue weighted by Crippen LogP contribution is -2.31. The van der Waals surface area contributed by atoms with Gasteiger partial charge in [-0.05, 0) is 63.3 Å².